The fourth-order valence-electron chi connectivity index (χ4n) is 3.80. The highest BCUT2D eigenvalue weighted by Crippen LogP contribution is 2.35. The number of amides is 1. The number of rotatable bonds is 6. The highest BCUT2D eigenvalue weighted by molar-refractivity contribution is 5.95. The molecule has 0 bridgehead atoms. The lowest BCUT2D eigenvalue weighted by Crippen LogP contribution is -2.32. The Kier molecular flexibility index (Phi) is 7.16. The van der Waals surface area contributed by atoms with Gasteiger partial charge in [0.1, 0.15) is 0 Å². The molecule has 1 fully saturated rings. The molecule has 1 aliphatic carbocycles. The average Bonchev–Trinajstić information content (AvgIpc) is 3.18. The third-order valence-electron chi connectivity index (χ3n) is 5.45. The summed E-state index contributed by atoms with van der Waals surface area (Å²) in [5.74, 6) is -0.655. The van der Waals surface area contributed by atoms with Gasteiger partial charge in [0, 0.05) is 6.54 Å². The first-order valence-corrected chi connectivity index (χ1v) is 10.2. The first-order valence-electron chi connectivity index (χ1n) is 10.2. The van der Waals surface area contributed by atoms with Crippen LogP contribution in [0.1, 0.15) is 54.2 Å². The largest absolute Gasteiger partial charge is 0.434 e. The fraction of sp³-hybridized carbons (Fsp3) is 0.524. The minimum absolute atomic E-state index is 0.00586. The van der Waals surface area contributed by atoms with E-state index < -0.39 is 40.8 Å². The molecule has 1 aromatic heterocycles. The van der Waals surface area contributed by atoms with Gasteiger partial charge in [0.05, 0.1) is 35.7 Å². The van der Waals surface area contributed by atoms with Crippen molar-refractivity contribution in [2.75, 3.05) is 13.2 Å². The van der Waals surface area contributed by atoms with Crippen LogP contribution in [0.5, 0.6) is 0 Å². The number of halogens is 6. The molecule has 0 aliphatic heterocycles. The number of ether oxygens (including phenoxy) is 1. The summed E-state index contributed by atoms with van der Waals surface area (Å²) >= 11 is 0. The van der Waals surface area contributed by atoms with Crippen molar-refractivity contribution >= 4 is 5.91 Å². The van der Waals surface area contributed by atoms with E-state index in [1.165, 1.54) is 0 Å². The van der Waals surface area contributed by atoms with Gasteiger partial charge in [-0.05, 0) is 37.0 Å². The number of hydrogen-bond acceptors (Lipinski definition) is 3. The summed E-state index contributed by atoms with van der Waals surface area (Å²) in [5, 5.41) is 5.91. The summed E-state index contributed by atoms with van der Waals surface area (Å²) in [5.41, 5.74) is -3.81. The highest BCUT2D eigenvalue weighted by Gasteiger charge is 2.41. The second-order valence-corrected chi connectivity index (χ2v) is 7.79. The van der Waals surface area contributed by atoms with Crippen LogP contribution in [0, 0.1) is 5.92 Å². The summed E-state index contributed by atoms with van der Waals surface area (Å²) in [4.78, 5) is 12.4. The van der Waals surface area contributed by atoms with E-state index in [9.17, 15) is 31.1 Å². The number of hydrogen-bond donors (Lipinski definition) is 1. The smallest absolute Gasteiger partial charge is 0.376 e. The van der Waals surface area contributed by atoms with Gasteiger partial charge in [0.25, 0.3) is 5.91 Å². The molecule has 2 unspecified atom stereocenters. The van der Waals surface area contributed by atoms with Gasteiger partial charge in [0.2, 0.25) is 0 Å². The quantitative estimate of drug-likeness (QED) is 0.471. The monoisotopic (exact) mass is 463 g/mol. The molecule has 1 N–H and O–H groups in total. The third-order valence-corrected chi connectivity index (χ3v) is 5.45. The van der Waals surface area contributed by atoms with E-state index in [4.69, 9.17) is 4.74 Å². The van der Waals surface area contributed by atoms with E-state index in [0.29, 0.717) is 22.9 Å². The van der Waals surface area contributed by atoms with Gasteiger partial charge >= 0.3 is 12.4 Å². The van der Waals surface area contributed by atoms with Crippen LogP contribution in [0.2, 0.25) is 0 Å². The molecule has 32 heavy (non-hydrogen) atoms. The Hall–Kier alpha value is -2.56. The van der Waals surface area contributed by atoms with E-state index in [1.807, 2.05) is 0 Å². The second-order valence-electron chi connectivity index (χ2n) is 7.79. The zero-order valence-corrected chi connectivity index (χ0v) is 17.3. The van der Waals surface area contributed by atoms with Crippen LogP contribution >= 0.6 is 0 Å². The molecule has 0 saturated heterocycles. The van der Waals surface area contributed by atoms with Crippen molar-refractivity contribution in [2.24, 2.45) is 5.92 Å². The van der Waals surface area contributed by atoms with Crippen molar-refractivity contribution in [1.82, 2.24) is 15.1 Å². The van der Waals surface area contributed by atoms with Gasteiger partial charge in [-0.1, -0.05) is 25.8 Å². The van der Waals surface area contributed by atoms with Crippen LogP contribution in [0.4, 0.5) is 26.3 Å². The Labute approximate surface area is 180 Å². The SMILES string of the molecule is CC1CCCCC1OCCNC(=O)c1cnn(-c2cccc(C(F)(F)F)c2)c1C(F)(F)F. The van der Waals surface area contributed by atoms with E-state index in [-0.39, 0.29) is 19.3 Å². The zero-order valence-electron chi connectivity index (χ0n) is 17.3. The van der Waals surface area contributed by atoms with Gasteiger partial charge in [-0.15, -0.1) is 0 Å². The third kappa shape index (κ3) is 5.62. The summed E-state index contributed by atoms with van der Waals surface area (Å²) in [7, 11) is 0. The Balaban J connectivity index is 1.75. The van der Waals surface area contributed by atoms with E-state index in [0.717, 1.165) is 43.9 Å². The second kappa shape index (κ2) is 9.51. The first-order chi connectivity index (χ1) is 15.0. The number of aromatic nitrogens is 2. The van der Waals surface area contributed by atoms with Gasteiger partial charge in [-0.2, -0.15) is 31.4 Å². The van der Waals surface area contributed by atoms with Crippen molar-refractivity contribution < 1.29 is 35.9 Å². The molecule has 5 nitrogen and oxygen atoms in total. The number of carbonyl (C=O) groups excluding carboxylic acids is 1. The highest BCUT2D eigenvalue weighted by atomic mass is 19.4. The minimum atomic E-state index is -5.02. The Morgan fingerprint density at radius 3 is 2.53 bits per heavy atom. The molecule has 1 heterocycles. The van der Waals surface area contributed by atoms with Crippen molar-refractivity contribution in [3.05, 3.63) is 47.3 Å². The van der Waals surface area contributed by atoms with E-state index in [1.54, 1.807) is 0 Å². The van der Waals surface area contributed by atoms with Crippen LogP contribution in [0.25, 0.3) is 5.69 Å². The van der Waals surface area contributed by atoms with Crippen LogP contribution in [-0.2, 0) is 17.1 Å². The summed E-state index contributed by atoms with van der Waals surface area (Å²) in [6.45, 7) is 2.21. The summed E-state index contributed by atoms with van der Waals surface area (Å²) in [6, 6.07) is 3.31. The topological polar surface area (TPSA) is 56.1 Å². The average molecular weight is 463 g/mol. The molecule has 176 valence electrons. The van der Waals surface area contributed by atoms with E-state index >= 15 is 0 Å². The molecule has 1 aliphatic rings. The Morgan fingerprint density at radius 1 is 1.16 bits per heavy atom. The lowest BCUT2D eigenvalue weighted by atomic mass is 9.88. The Morgan fingerprint density at radius 2 is 1.88 bits per heavy atom. The molecule has 1 aromatic carbocycles. The number of nitrogens with zero attached hydrogens (tertiary/aromatic N) is 2. The molecule has 2 aromatic rings. The van der Waals surface area contributed by atoms with Crippen molar-refractivity contribution in [3.63, 3.8) is 0 Å². The predicted molar refractivity (Wildman–Crippen MR) is 103 cm³/mol. The van der Waals surface area contributed by atoms with Gasteiger partial charge in [-0.25, -0.2) is 4.68 Å². The Bertz CT molecular complexity index is 938. The molecule has 11 heteroatoms. The summed E-state index contributed by atoms with van der Waals surface area (Å²) < 4.78 is 86.0. The minimum Gasteiger partial charge on any atom is -0.376 e. The van der Waals surface area contributed by atoms with Gasteiger partial charge < -0.3 is 10.1 Å². The lowest BCUT2D eigenvalue weighted by Gasteiger charge is -2.28. The van der Waals surface area contributed by atoms with Crippen molar-refractivity contribution in [3.8, 4) is 5.69 Å². The maximum Gasteiger partial charge on any atom is 0.434 e. The first kappa shape index (κ1) is 24.1. The standard InChI is InChI=1S/C21H23F6N3O2/c1-13-5-2-3-8-17(13)32-10-9-28-19(31)16-12-29-30(18(16)21(25,26)27)15-7-4-6-14(11-15)20(22,23)24/h4,6-7,11-13,17H,2-3,5,8-10H2,1H3,(H,28,31). The molecule has 0 spiro atoms. The fourth-order valence-corrected chi connectivity index (χ4v) is 3.80. The number of carbonyl (C=O) groups is 1. The van der Waals surface area contributed by atoms with Gasteiger partial charge in [-0.3, -0.25) is 4.79 Å². The molecule has 0 radical (unpaired) electrons. The maximum atomic E-state index is 13.7. The molecule has 2 atom stereocenters. The molecular weight excluding hydrogens is 440 g/mol. The van der Waals surface area contributed by atoms with Gasteiger partial charge in [0.15, 0.2) is 5.69 Å². The van der Waals surface area contributed by atoms with Crippen molar-refractivity contribution in [1.29, 1.82) is 0 Å². The van der Waals surface area contributed by atoms with Crippen LogP contribution in [-0.4, -0.2) is 34.9 Å². The summed E-state index contributed by atoms with van der Waals surface area (Å²) in [6.07, 6.45) is -4.89. The normalized spacial score (nSPS) is 19.7. The number of alkyl halides is 6. The van der Waals surface area contributed by atoms with Crippen LogP contribution in [0.3, 0.4) is 0 Å². The van der Waals surface area contributed by atoms with Crippen LogP contribution in [0.15, 0.2) is 30.5 Å². The van der Waals surface area contributed by atoms with E-state index in [2.05, 4.69) is 17.3 Å². The number of benzene rings is 1. The number of nitrogens with one attached hydrogen (secondary N) is 1. The molecule has 1 amide bonds. The van der Waals surface area contributed by atoms with Crippen molar-refractivity contribution in [2.45, 2.75) is 51.1 Å². The predicted octanol–water partition coefficient (Wildman–Crippen LogP) is 5.24. The molecule has 1 saturated carbocycles. The zero-order chi connectivity index (χ0) is 23.5. The molecular formula is C21H23F6N3O2. The van der Waals surface area contributed by atoms with Crippen LogP contribution < -0.4 is 5.32 Å². The molecule has 3 rings (SSSR count). The maximum absolute atomic E-state index is 13.7. The lowest BCUT2D eigenvalue weighted by molar-refractivity contribution is -0.143.